The standard InChI is InChI=1S/C20H15ClN2/c21-19-14-8-7-13-18(19)20(15-22)23(16-9-3-1-4-10-16)17-11-5-2-6-12-17/h1-14,20H. The Kier molecular flexibility index (Phi) is 4.61. The molecule has 2 nitrogen and oxygen atoms in total. The Morgan fingerprint density at radius 3 is 1.70 bits per heavy atom. The van der Waals surface area contributed by atoms with Gasteiger partial charge in [0.05, 0.1) is 6.07 Å². The molecule has 23 heavy (non-hydrogen) atoms. The van der Waals surface area contributed by atoms with Crippen LogP contribution in [0.4, 0.5) is 11.4 Å². The summed E-state index contributed by atoms with van der Waals surface area (Å²) < 4.78 is 0. The summed E-state index contributed by atoms with van der Waals surface area (Å²) >= 11 is 6.34. The number of halogens is 1. The number of para-hydroxylation sites is 2. The summed E-state index contributed by atoms with van der Waals surface area (Å²) in [6.07, 6.45) is 0. The average Bonchev–Trinajstić information content (AvgIpc) is 2.62. The fourth-order valence-electron chi connectivity index (χ4n) is 2.59. The summed E-state index contributed by atoms with van der Waals surface area (Å²) in [6.45, 7) is 0. The van der Waals surface area contributed by atoms with Gasteiger partial charge >= 0.3 is 0 Å². The maximum absolute atomic E-state index is 9.85. The molecule has 0 aliphatic heterocycles. The van der Waals surface area contributed by atoms with Gasteiger partial charge in [0, 0.05) is 22.0 Å². The summed E-state index contributed by atoms with van der Waals surface area (Å²) in [7, 11) is 0. The monoisotopic (exact) mass is 318 g/mol. The zero-order valence-electron chi connectivity index (χ0n) is 12.4. The van der Waals surface area contributed by atoms with Gasteiger partial charge in [-0.05, 0) is 30.3 Å². The highest BCUT2D eigenvalue weighted by Gasteiger charge is 2.24. The van der Waals surface area contributed by atoms with E-state index in [0.717, 1.165) is 16.9 Å². The SMILES string of the molecule is N#CC(c1ccccc1Cl)N(c1ccccc1)c1ccccc1. The fourth-order valence-corrected chi connectivity index (χ4v) is 2.83. The molecule has 0 heterocycles. The first-order valence-electron chi connectivity index (χ1n) is 7.34. The normalized spacial score (nSPS) is 11.5. The molecule has 3 heteroatoms. The van der Waals surface area contributed by atoms with Crippen LogP contribution in [0.25, 0.3) is 0 Å². The van der Waals surface area contributed by atoms with E-state index in [0.29, 0.717) is 5.02 Å². The summed E-state index contributed by atoms with van der Waals surface area (Å²) in [6, 6.07) is 29.1. The van der Waals surface area contributed by atoms with Crippen molar-refractivity contribution >= 4 is 23.0 Å². The predicted molar refractivity (Wildman–Crippen MR) is 94.8 cm³/mol. The molecule has 0 spiro atoms. The van der Waals surface area contributed by atoms with Crippen LogP contribution in [0.2, 0.25) is 5.02 Å². The first-order valence-corrected chi connectivity index (χ1v) is 7.72. The Hall–Kier alpha value is -2.76. The van der Waals surface area contributed by atoms with Crippen LogP contribution in [-0.2, 0) is 0 Å². The van der Waals surface area contributed by atoms with E-state index < -0.39 is 6.04 Å². The second kappa shape index (κ2) is 7.00. The average molecular weight is 319 g/mol. The molecule has 0 bridgehead atoms. The highest BCUT2D eigenvalue weighted by molar-refractivity contribution is 6.31. The quantitative estimate of drug-likeness (QED) is 0.613. The van der Waals surface area contributed by atoms with Crippen molar-refractivity contribution in [2.75, 3.05) is 4.90 Å². The third-order valence-corrected chi connectivity index (χ3v) is 3.99. The molecule has 1 atom stereocenters. The maximum atomic E-state index is 9.85. The lowest BCUT2D eigenvalue weighted by Crippen LogP contribution is -2.22. The van der Waals surface area contributed by atoms with Crippen LogP contribution in [0.5, 0.6) is 0 Å². The number of nitriles is 1. The van der Waals surface area contributed by atoms with Crippen molar-refractivity contribution in [3.05, 3.63) is 95.5 Å². The fraction of sp³-hybridized carbons (Fsp3) is 0.0500. The second-order valence-corrected chi connectivity index (χ2v) is 5.50. The first-order chi connectivity index (χ1) is 11.3. The molecule has 1 unspecified atom stereocenters. The third kappa shape index (κ3) is 3.21. The first kappa shape index (κ1) is 15.1. The van der Waals surface area contributed by atoms with Crippen molar-refractivity contribution < 1.29 is 0 Å². The van der Waals surface area contributed by atoms with E-state index in [1.165, 1.54) is 0 Å². The molecule has 0 N–H and O–H groups in total. The minimum absolute atomic E-state index is 0.506. The number of hydrogen-bond donors (Lipinski definition) is 0. The van der Waals surface area contributed by atoms with E-state index in [1.807, 2.05) is 89.8 Å². The Morgan fingerprint density at radius 2 is 1.22 bits per heavy atom. The van der Waals surface area contributed by atoms with Gasteiger partial charge in [0.2, 0.25) is 0 Å². The van der Waals surface area contributed by atoms with Gasteiger partial charge in [-0.2, -0.15) is 5.26 Å². The molecule has 0 radical (unpaired) electrons. The van der Waals surface area contributed by atoms with E-state index in [1.54, 1.807) is 0 Å². The Bertz CT molecular complexity index is 770. The Labute approximate surface area is 141 Å². The predicted octanol–water partition coefficient (Wildman–Crippen LogP) is 5.74. The molecule has 0 aliphatic rings. The third-order valence-electron chi connectivity index (χ3n) is 3.65. The van der Waals surface area contributed by atoms with Gasteiger partial charge in [0.1, 0.15) is 6.04 Å². The van der Waals surface area contributed by atoms with E-state index in [4.69, 9.17) is 11.6 Å². The van der Waals surface area contributed by atoms with Gasteiger partial charge in [-0.3, -0.25) is 0 Å². The van der Waals surface area contributed by atoms with Gasteiger partial charge in [0.15, 0.2) is 0 Å². The van der Waals surface area contributed by atoms with Crippen LogP contribution in [0.1, 0.15) is 11.6 Å². The summed E-state index contributed by atoms with van der Waals surface area (Å²) in [4.78, 5) is 2.00. The molecule has 112 valence electrons. The van der Waals surface area contributed by atoms with Gasteiger partial charge in [0.25, 0.3) is 0 Å². The van der Waals surface area contributed by atoms with Gasteiger partial charge in [-0.15, -0.1) is 0 Å². The summed E-state index contributed by atoms with van der Waals surface area (Å²) in [5.74, 6) is 0. The molecule has 3 aromatic carbocycles. The molecular formula is C20H15ClN2. The minimum Gasteiger partial charge on any atom is -0.321 e. The molecule has 0 fully saturated rings. The Morgan fingerprint density at radius 1 is 0.739 bits per heavy atom. The minimum atomic E-state index is -0.506. The molecule has 0 saturated carbocycles. The number of hydrogen-bond acceptors (Lipinski definition) is 2. The van der Waals surface area contributed by atoms with E-state index in [-0.39, 0.29) is 0 Å². The maximum Gasteiger partial charge on any atom is 0.148 e. The molecule has 0 aromatic heterocycles. The van der Waals surface area contributed by atoms with E-state index in [2.05, 4.69) is 6.07 Å². The van der Waals surface area contributed by atoms with Crippen molar-refractivity contribution in [2.24, 2.45) is 0 Å². The summed E-state index contributed by atoms with van der Waals surface area (Å²) in [5.41, 5.74) is 2.69. The Balaban J connectivity index is 2.15. The summed E-state index contributed by atoms with van der Waals surface area (Å²) in [5, 5.41) is 10.4. The van der Waals surface area contributed by atoms with Crippen molar-refractivity contribution in [3.63, 3.8) is 0 Å². The van der Waals surface area contributed by atoms with E-state index >= 15 is 0 Å². The lowest BCUT2D eigenvalue weighted by Gasteiger charge is -2.30. The van der Waals surface area contributed by atoms with Crippen LogP contribution in [-0.4, -0.2) is 0 Å². The highest BCUT2D eigenvalue weighted by Crippen LogP contribution is 2.36. The van der Waals surface area contributed by atoms with Crippen LogP contribution in [0.15, 0.2) is 84.9 Å². The van der Waals surface area contributed by atoms with Gasteiger partial charge in [-0.1, -0.05) is 66.2 Å². The smallest absolute Gasteiger partial charge is 0.148 e. The zero-order valence-corrected chi connectivity index (χ0v) is 13.2. The number of nitrogens with zero attached hydrogens (tertiary/aromatic N) is 2. The topological polar surface area (TPSA) is 27.0 Å². The number of rotatable bonds is 4. The lowest BCUT2D eigenvalue weighted by molar-refractivity contribution is 0.864. The molecule has 0 saturated heterocycles. The molecule has 3 aromatic rings. The largest absolute Gasteiger partial charge is 0.321 e. The van der Waals surface area contributed by atoms with Crippen LogP contribution < -0.4 is 4.90 Å². The number of benzene rings is 3. The molecular weight excluding hydrogens is 304 g/mol. The second-order valence-electron chi connectivity index (χ2n) is 5.09. The van der Waals surface area contributed by atoms with Crippen LogP contribution >= 0.6 is 11.6 Å². The molecule has 3 rings (SSSR count). The number of anilines is 2. The van der Waals surface area contributed by atoms with Crippen molar-refractivity contribution in [1.29, 1.82) is 5.26 Å². The van der Waals surface area contributed by atoms with Crippen LogP contribution in [0.3, 0.4) is 0 Å². The highest BCUT2D eigenvalue weighted by atomic mass is 35.5. The van der Waals surface area contributed by atoms with Crippen LogP contribution in [0, 0.1) is 11.3 Å². The lowest BCUT2D eigenvalue weighted by atomic mass is 10.0. The molecule has 0 amide bonds. The zero-order chi connectivity index (χ0) is 16.1. The van der Waals surface area contributed by atoms with E-state index in [9.17, 15) is 5.26 Å². The van der Waals surface area contributed by atoms with Crippen molar-refractivity contribution in [3.8, 4) is 6.07 Å². The van der Waals surface area contributed by atoms with Crippen molar-refractivity contribution in [2.45, 2.75) is 6.04 Å². The van der Waals surface area contributed by atoms with Gasteiger partial charge < -0.3 is 4.90 Å². The van der Waals surface area contributed by atoms with Gasteiger partial charge in [-0.25, -0.2) is 0 Å². The molecule has 0 aliphatic carbocycles. The van der Waals surface area contributed by atoms with Crippen molar-refractivity contribution in [1.82, 2.24) is 0 Å².